The highest BCUT2D eigenvalue weighted by molar-refractivity contribution is 7.19. The van der Waals surface area contributed by atoms with E-state index in [1.54, 1.807) is 13.8 Å². The minimum atomic E-state index is -0.355. The van der Waals surface area contributed by atoms with Crippen molar-refractivity contribution in [3.8, 4) is 21.8 Å². The summed E-state index contributed by atoms with van der Waals surface area (Å²) in [6.07, 6.45) is 0.746. The van der Waals surface area contributed by atoms with Crippen molar-refractivity contribution < 1.29 is 10.2 Å². The fraction of sp³-hybridized carbons (Fsp3) is 0.333. The Bertz CT molecular complexity index is 702. The number of aromatic hydroxyl groups is 2. The number of aromatic nitrogens is 2. The topological polar surface area (TPSA) is 100 Å². The number of hydrogen-bond donors (Lipinski definition) is 2. The van der Waals surface area contributed by atoms with E-state index in [9.17, 15) is 19.8 Å². The maximum Gasteiger partial charge on any atom is 0.242 e. The monoisotopic (exact) mass is 312 g/mol. The molecule has 0 aliphatic carbocycles. The van der Waals surface area contributed by atoms with Crippen LogP contribution in [0.15, 0.2) is 9.59 Å². The largest absolute Gasteiger partial charge is 0.493 e. The van der Waals surface area contributed by atoms with E-state index in [1.165, 1.54) is 0 Å². The first-order valence-electron chi connectivity index (χ1n) is 5.94. The van der Waals surface area contributed by atoms with Gasteiger partial charge in [-0.1, -0.05) is 36.5 Å². The third kappa shape index (κ3) is 2.56. The zero-order valence-electron chi connectivity index (χ0n) is 10.8. The summed E-state index contributed by atoms with van der Waals surface area (Å²) in [5.74, 6) is -0.710. The van der Waals surface area contributed by atoms with Gasteiger partial charge in [0.05, 0.1) is 11.1 Å². The van der Waals surface area contributed by atoms with E-state index < -0.39 is 0 Å². The van der Waals surface area contributed by atoms with Crippen LogP contribution in [0.1, 0.15) is 25.0 Å². The molecule has 8 heteroatoms. The summed E-state index contributed by atoms with van der Waals surface area (Å²) in [5.41, 5.74) is 0.473. The highest BCUT2D eigenvalue weighted by Crippen LogP contribution is 2.26. The molecule has 0 amide bonds. The first kappa shape index (κ1) is 14.6. The molecule has 0 radical (unpaired) electrons. The minimum Gasteiger partial charge on any atom is -0.493 e. The second-order valence-corrected chi connectivity index (χ2v) is 5.85. The lowest BCUT2D eigenvalue weighted by molar-refractivity contribution is 0.445. The molecule has 2 aromatic rings. The first-order valence-corrected chi connectivity index (χ1v) is 7.57. The third-order valence-electron chi connectivity index (χ3n) is 2.72. The van der Waals surface area contributed by atoms with Crippen molar-refractivity contribution in [2.45, 2.75) is 26.7 Å². The predicted octanol–water partition coefficient (Wildman–Crippen LogP) is 1.52. The second-order valence-electron chi connectivity index (χ2n) is 3.92. The molecule has 2 rings (SSSR count). The Morgan fingerprint density at radius 3 is 1.45 bits per heavy atom. The van der Waals surface area contributed by atoms with Gasteiger partial charge in [0.15, 0.2) is 10.0 Å². The molecule has 106 valence electrons. The molecule has 2 heterocycles. The Balaban J connectivity index is 2.64. The van der Waals surface area contributed by atoms with E-state index in [4.69, 9.17) is 0 Å². The lowest BCUT2D eigenvalue weighted by atomic mass is 10.3. The number of hydrogen-bond acceptors (Lipinski definition) is 8. The Kier molecular flexibility index (Phi) is 4.15. The quantitative estimate of drug-likeness (QED) is 0.891. The summed E-state index contributed by atoms with van der Waals surface area (Å²) in [6, 6.07) is 0. The molecule has 20 heavy (non-hydrogen) atoms. The van der Waals surface area contributed by atoms with Crippen LogP contribution in [-0.2, 0) is 12.8 Å². The molecule has 0 aromatic carbocycles. The molecule has 6 nitrogen and oxygen atoms in total. The van der Waals surface area contributed by atoms with Gasteiger partial charge < -0.3 is 10.2 Å². The van der Waals surface area contributed by atoms with E-state index in [1.807, 2.05) is 0 Å². The maximum atomic E-state index is 11.8. The van der Waals surface area contributed by atoms with Crippen molar-refractivity contribution in [2.75, 3.05) is 0 Å². The van der Waals surface area contributed by atoms with E-state index in [2.05, 4.69) is 9.97 Å². The van der Waals surface area contributed by atoms with Crippen LogP contribution < -0.4 is 9.48 Å². The normalized spacial score (nSPS) is 10.7. The van der Waals surface area contributed by atoms with E-state index in [-0.39, 0.29) is 42.4 Å². The summed E-state index contributed by atoms with van der Waals surface area (Å²) in [7, 11) is 0. The molecule has 0 saturated carbocycles. The van der Waals surface area contributed by atoms with Crippen LogP contribution in [0.4, 0.5) is 0 Å². The van der Waals surface area contributed by atoms with E-state index >= 15 is 0 Å². The highest BCUT2D eigenvalue weighted by Gasteiger charge is 2.16. The SMILES string of the molecule is CCc1c(O)nc(-c2nc(O)c(CC)c(=O)s2)sc1=O. The Labute approximate surface area is 122 Å². The molecule has 0 atom stereocenters. The third-order valence-corrected chi connectivity index (χ3v) is 4.67. The highest BCUT2D eigenvalue weighted by atomic mass is 32.1. The average Bonchev–Trinajstić information content (AvgIpc) is 2.37. The van der Waals surface area contributed by atoms with Crippen LogP contribution in [0.2, 0.25) is 0 Å². The zero-order chi connectivity index (χ0) is 14.9. The number of rotatable bonds is 3. The Morgan fingerprint density at radius 1 is 0.850 bits per heavy atom. The van der Waals surface area contributed by atoms with Crippen LogP contribution in [0, 0.1) is 0 Å². The predicted molar refractivity (Wildman–Crippen MR) is 77.8 cm³/mol. The second kappa shape index (κ2) is 5.68. The zero-order valence-corrected chi connectivity index (χ0v) is 12.5. The van der Waals surface area contributed by atoms with Crippen molar-refractivity contribution in [1.29, 1.82) is 0 Å². The Hall–Kier alpha value is -1.80. The van der Waals surface area contributed by atoms with Crippen LogP contribution in [-0.4, -0.2) is 20.2 Å². The smallest absolute Gasteiger partial charge is 0.242 e. The van der Waals surface area contributed by atoms with Gasteiger partial charge in [-0.25, -0.2) is 0 Å². The van der Waals surface area contributed by atoms with Crippen molar-refractivity contribution >= 4 is 22.7 Å². The average molecular weight is 312 g/mol. The van der Waals surface area contributed by atoms with Gasteiger partial charge in [-0.2, -0.15) is 9.97 Å². The van der Waals surface area contributed by atoms with Crippen LogP contribution in [0.5, 0.6) is 11.8 Å². The lowest BCUT2D eigenvalue weighted by Crippen LogP contribution is -2.08. The lowest BCUT2D eigenvalue weighted by Gasteiger charge is -2.04. The minimum absolute atomic E-state index is 0.129. The molecule has 2 N–H and O–H groups in total. The van der Waals surface area contributed by atoms with Crippen molar-refractivity contribution in [3.05, 3.63) is 30.2 Å². The molecule has 0 saturated heterocycles. The van der Waals surface area contributed by atoms with E-state index in [0.29, 0.717) is 12.8 Å². The fourth-order valence-electron chi connectivity index (χ4n) is 1.64. The molecule has 0 unspecified atom stereocenters. The van der Waals surface area contributed by atoms with Gasteiger partial charge >= 0.3 is 0 Å². The maximum absolute atomic E-state index is 11.8. The summed E-state index contributed by atoms with van der Waals surface area (Å²) >= 11 is 1.60. The molecular weight excluding hydrogens is 300 g/mol. The van der Waals surface area contributed by atoms with Crippen molar-refractivity contribution in [1.82, 2.24) is 9.97 Å². The van der Waals surface area contributed by atoms with Crippen molar-refractivity contribution in [3.63, 3.8) is 0 Å². The standard InChI is InChI=1S/C12H12N2O4S2/c1-3-5-7(15)13-9(19-11(5)17)10-14-8(16)6(4-2)12(18)20-10/h15-16H,3-4H2,1-2H3. The van der Waals surface area contributed by atoms with Crippen LogP contribution >= 0.6 is 22.7 Å². The molecule has 0 aliphatic rings. The molecule has 0 aliphatic heterocycles. The first-order chi connectivity index (χ1) is 9.47. The van der Waals surface area contributed by atoms with Crippen LogP contribution in [0.25, 0.3) is 10.0 Å². The molecular formula is C12H12N2O4S2. The van der Waals surface area contributed by atoms with Gasteiger partial charge in [0, 0.05) is 0 Å². The van der Waals surface area contributed by atoms with Gasteiger partial charge in [0.2, 0.25) is 21.2 Å². The van der Waals surface area contributed by atoms with Crippen LogP contribution in [0.3, 0.4) is 0 Å². The summed E-state index contributed by atoms with van der Waals surface area (Å²) in [4.78, 5) is 31.4. The molecule has 0 spiro atoms. The fourth-order valence-corrected chi connectivity index (χ4v) is 3.49. The molecule has 2 aromatic heterocycles. The summed E-state index contributed by atoms with van der Waals surface area (Å²) < 4.78 is -0.647. The summed E-state index contributed by atoms with van der Waals surface area (Å²) in [6.45, 7) is 3.48. The van der Waals surface area contributed by atoms with Gasteiger partial charge in [-0.15, -0.1) is 0 Å². The number of nitrogens with zero attached hydrogens (tertiary/aromatic N) is 2. The molecule has 0 bridgehead atoms. The van der Waals surface area contributed by atoms with E-state index in [0.717, 1.165) is 22.7 Å². The molecule has 0 fully saturated rings. The Morgan fingerprint density at radius 2 is 1.20 bits per heavy atom. The van der Waals surface area contributed by atoms with Gasteiger partial charge in [-0.3, -0.25) is 9.59 Å². The summed E-state index contributed by atoms with van der Waals surface area (Å²) in [5, 5.41) is 19.7. The van der Waals surface area contributed by atoms with Gasteiger partial charge in [0.25, 0.3) is 0 Å². The van der Waals surface area contributed by atoms with Gasteiger partial charge in [0.1, 0.15) is 0 Å². The van der Waals surface area contributed by atoms with Crippen molar-refractivity contribution in [2.24, 2.45) is 0 Å². The van der Waals surface area contributed by atoms with Gasteiger partial charge in [-0.05, 0) is 12.8 Å².